The van der Waals surface area contributed by atoms with Gasteiger partial charge in [-0.15, -0.1) is 11.3 Å². The van der Waals surface area contributed by atoms with Crippen molar-refractivity contribution in [1.29, 1.82) is 0 Å². The third-order valence-corrected chi connectivity index (χ3v) is 4.91. The molecule has 0 atom stereocenters. The molecule has 0 aliphatic heterocycles. The van der Waals surface area contributed by atoms with Gasteiger partial charge in [0.15, 0.2) is 5.13 Å². The summed E-state index contributed by atoms with van der Waals surface area (Å²) in [5.74, 6) is 0.819. The van der Waals surface area contributed by atoms with Gasteiger partial charge in [-0.1, -0.05) is 12.1 Å². The monoisotopic (exact) mass is 411 g/mol. The van der Waals surface area contributed by atoms with Crippen LogP contribution in [0.25, 0.3) is 0 Å². The van der Waals surface area contributed by atoms with Crippen LogP contribution in [0, 0.1) is 0 Å². The van der Waals surface area contributed by atoms with E-state index in [9.17, 15) is 9.59 Å². The molecule has 3 aromatic rings. The van der Waals surface area contributed by atoms with E-state index in [1.54, 1.807) is 62.8 Å². The summed E-state index contributed by atoms with van der Waals surface area (Å²) in [5.41, 5.74) is 1.82. The normalized spacial score (nSPS) is 10.3. The Labute approximate surface area is 172 Å². The predicted octanol–water partition coefficient (Wildman–Crippen LogP) is 3.39. The third-order valence-electron chi connectivity index (χ3n) is 4.10. The first-order valence-electron chi connectivity index (χ1n) is 8.91. The zero-order chi connectivity index (χ0) is 20.6. The summed E-state index contributed by atoms with van der Waals surface area (Å²) in [6.07, 6.45) is 0.557. The van der Waals surface area contributed by atoms with Crippen LogP contribution in [0.5, 0.6) is 11.5 Å². The maximum absolute atomic E-state index is 12.3. The number of ether oxygens (including phenoxy) is 2. The second-order valence-corrected chi connectivity index (χ2v) is 6.93. The van der Waals surface area contributed by atoms with Gasteiger partial charge in [0.25, 0.3) is 11.8 Å². The molecule has 0 spiro atoms. The summed E-state index contributed by atoms with van der Waals surface area (Å²) in [6.45, 7) is 0.434. The van der Waals surface area contributed by atoms with Crippen LogP contribution in [0.15, 0.2) is 53.9 Å². The van der Waals surface area contributed by atoms with Gasteiger partial charge in [-0.2, -0.15) is 0 Å². The number of carbonyl (C=O) groups excluding carboxylic acids is 2. The van der Waals surface area contributed by atoms with Gasteiger partial charge < -0.3 is 14.8 Å². The molecule has 0 radical (unpaired) electrons. The Hall–Kier alpha value is -3.39. The summed E-state index contributed by atoms with van der Waals surface area (Å²) in [7, 11) is 3.11. The number of carbonyl (C=O) groups is 2. The quantitative estimate of drug-likeness (QED) is 0.593. The van der Waals surface area contributed by atoms with Crippen molar-refractivity contribution in [3.05, 3.63) is 70.7 Å². The molecule has 0 aliphatic carbocycles. The lowest BCUT2D eigenvalue weighted by atomic mass is 10.2. The van der Waals surface area contributed by atoms with Crippen LogP contribution in [0.2, 0.25) is 0 Å². The van der Waals surface area contributed by atoms with Gasteiger partial charge in [-0.05, 0) is 36.4 Å². The van der Waals surface area contributed by atoms with Crippen LogP contribution < -0.4 is 20.1 Å². The zero-order valence-electron chi connectivity index (χ0n) is 16.1. The Morgan fingerprint density at radius 2 is 1.59 bits per heavy atom. The minimum atomic E-state index is -0.254. The molecule has 2 N–H and O–H groups in total. The first-order chi connectivity index (χ1) is 14.1. The number of methoxy groups -OCH3 is 2. The highest BCUT2D eigenvalue weighted by Crippen LogP contribution is 2.19. The lowest BCUT2D eigenvalue weighted by molar-refractivity contribution is 0.0953. The van der Waals surface area contributed by atoms with Gasteiger partial charge in [0.05, 0.1) is 19.9 Å². The first kappa shape index (κ1) is 20.3. The summed E-state index contributed by atoms with van der Waals surface area (Å²) >= 11 is 1.34. The molecule has 150 valence electrons. The number of thiazole rings is 1. The number of nitrogens with zero attached hydrogens (tertiary/aromatic N) is 1. The molecule has 0 fully saturated rings. The van der Waals surface area contributed by atoms with Crippen molar-refractivity contribution in [2.24, 2.45) is 0 Å². The number of amides is 2. The van der Waals surface area contributed by atoms with E-state index < -0.39 is 0 Å². The van der Waals surface area contributed by atoms with Crippen LogP contribution in [0.3, 0.4) is 0 Å². The number of rotatable bonds is 8. The first-order valence-corrected chi connectivity index (χ1v) is 9.79. The molecule has 0 saturated carbocycles. The molecular formula is C21H21N3O4S. The fourth-order valence-electron chi connectivity index (χ4n) is 2.58. The van der Waals surface area contributed by atoms with E-state index >= 15 is 0 Å². The van der Waals surface area contributed by atoms with Crippen LogP contribution in [-0.4, -0.2) is 37.6 Å². The minimum Gasteiger partial charge on any atom is -0.497 e. The lowest BCUT2D eigenvalue weighted by Crippen LogP contribution is -2.25. The van der Waals surface area contributed by atoms with Crippen molar-refractivity contribution in [2.75, 3.05) is 26.1 Å². The van der Waals surface area contributed by atoms with Crippen molar-refractivity contribution in [3.63, 3.8) is 0 Å². The molecule has 0 aliphatic rings. The molecule has 0 unspecified atom stereocenters. The largest absolute Gasteiger partial charge is 0.497 e. The number of anilines is 1. The predicted molar refractivity (Wildman–Crippen MR) is 112 cm³/mol. The summed E-state index contributed by atoms with van der Waals surface area (Å²) in [5, 5.41) is 8.00. The molecule has 29 heavy (non-hydrogen) atoms. The maximum atomic E-state index is 12.3. The van der Waals surface area contributed by atoms with E-state index in [4.69, 9.17) is 9.47 Å². The second kappa shape index (κ2) is 9.70. The molecule has 0 bridgehead atoms. The maximum Gasteiger partial charge on any atom is 0.257 e. The second-order valence-electron chi connectivity index (χ2n) is 6.07. The number of hydrogen-bond donors (Lipinski definition) is 2. The van der Waals surface area contributed by atoms with Gasteiger partial charge in [-0.25, -0.2) is 4.98 Å². The van der Waals surface area contributed by atoms with Crippen molar-refractivity contribution >= 4 is 28.3 Å². The molecule has 0 saturated heterocycles. The molecule has 1 aromatic heterocycles. The standard InChI is InChI=1S/C21H21N3O4S/c1-27-17-7-3-5-14(11-17)19(25)22-10-9-16-13-29-21(23-16)24-20(26)15-6-4-8-18(12-15)28-2/h3-8,11-13H,9-10H2,1-2H3,(H,22,25)(H,23,24,26). The average Bonchev–Trinajstić information content (AvgIpc) is 3.20. The number of nitrogens with one attached hydrogen (secondary N) is 2. The van der Waals surface area contributed by atoms with Gasteiger partial charge >= 0.3 is 0 Å². The highest BCUT2D eigenvalue weighted by atomic mass is 32.1. The summed E-state index contributed by atoms with van der Waals surface area (Å²) in [4.78, 5) is 28.9. The van der Waals surface area contributed by atoms with E-state index in [1.165, 1.54) is 11.3 Å². The van der Waals surface area contributed by atoms with Gasteiger partial charge in [0.1, 0.15) is 11.5 Å². The van der Waals surface area contributed by atoms with E-state index in [0.717, 1.165) is 5.69 Å². The molecule has 3 rings (SSSR count). The number of aromatic nitrogens is 1. The highest BCUT2D eigenvalue weighted by Gasteiger charge is 2.11. The van der Waals surface area contributed by atoms with E-state index in [-0.39, 0.29) is 11.8 Å². The Balaban J connectivity index is 1.51. The zero-order valence-corrected chi connectivity index (χ0v) is 16.9. The van der Waals surface area contributed by atoms with E-state index in [0.29, 0.717) is 40.7 Å². The van der Waals surface area contributed by atoms with Gasteiger partial charge in [0, 0.05) is 29.5 Å². The topological polar surface area (TPSA) is 89.6 Å². The molecular weight excluding hydrogens is 390 g/mol. The Morgan fingerprint density at radius 3 is 2.21 bits per heavy atom. The van der Waals surface area contributed by atoms with Crippen LogP contribution in [0.4, 0.5) is 5.13 Å². The molecule has 2 amide bonds. The van der Waals surface area contributed by atoms with Crippen molar-refractivity contribution in [1.82, 2.24) is 10.3 Å². The Morgan fingerprint density at radius 1 is 0.966 bits per heavy atom. The Kier molecular flexibility index (Phi) is 6.80. The molecule has 2 aromatic carbocycles. The SMILES string of the molecule is COc1cccc(C(=O)NCCc2csc(NC(=O)c3cccc(OC)c3)n2)c1. The number of benzene rings is 2. The van der Waals surface area contributed by atoms with Crippen molar-refractivity contribution < 1.29 is 19.1 Å². The lowest BCUT2D eigenvalue weighted by Gasteiger charge is -2.06. The number of hydrogen-bond acceptors (Lipinski definition) is 6. The highest BCUT2D eigenvalue weighted by molar-refractivity contribution is 7.14. The smallest absolute Gasteiger partial charge is 0.257 e. The summed E-state index contributed by atoms with van der Waals surface area (Å²) in [6, 6.07) is 13.9. The van der Waals surface area contributed by atoms with Crippen LogP contribution >= 0.6 is 11.3 Å². The molecule has 1 heterocycles. The minimum absolute atomic E-state index is 0.175. The van der Waals surface area contributed by atoms with E-state index in [1.807, 2.05) is 5.38 Å². The van der Waals surface area contributed by atoms with Crippen molar-refractivity contribution in [3.8, 4) is 11.5 Å². The fourth-order valence-corrected chi connectivity index (χ4v) is 3.32. The molecule has 7 nitrogen and oxygen atoms in total. The van der Waals surface area contributed by atoms with Crippen LogP contribution in [-0.2, 0) is 6.42 Å². The van der Waals surface area contributed by atoms with Crippen molar-refractivity contribution in [2.45, 2.75) is 6.42 Å². The average molecular weight is 411 g/mol. The summed E-state index contributed by atoms with van der Waals surface area (Å²) < 4.78 is 10.3. The van der Waals surface area contributed by atoms with Crippen LogP contribution in [0.1, 0.15) is 26.4 Å². The van der Waals surface area contributed by atoms with E-state index in [2.05, 4.69) is 15.6 Å². The van der Waals surface area contributed by atoms with Gasteiger partial charge in [-0.3, -0.25) is 14.9 Å². The van der Waals surface area contributed by atoms with Gasteiger partial charge in [0.2, 0.25) is 0 Å². The molecule has 8 heteroatoms. The fraction of sp³-hybridized carbons (Fsp3) is 0.190. The Bertz CT molecular complexity index is 1000. The third kappa shape index (κ3) is 5.55.